The summed E-state index contributed by atoms with van der Waals surface area (Å²) in [6.45, 7) is 1.04. The molecule has 0 spiro atoms. The fraction of sp³-hybridized carbons (Fsp3) is 1.00. The molecule has 0 aromatic heterocycles. The van der Waals surface area contributed by atoms with Gasteiger partial charge in [0, 0.05) is 13.2 Å². The highest BCUT2D eigenvalue weighted by Crippen LogP contribution is 2.36. The first kappa shape index (κ1) is 74.6. The average Bonchev–Trinajstić information content (AvgIpc) is 3.69. The maximum Gasteiger partial charge on any atom is 0.187 e. The molecule has 0 aromatic rings. The van der Waals surface area contributed by atoms with E-state index < -0.39 is 193 Å². The molecule has 0 amide bonds. The van der Waals surface area contributed by atoms with Crippen LogP contribution in [0.4, 0.5) is 0 Å². The molecule has 5 rings (SSSR count). The zero-order valence-corrected chi connectivity index (χ0v) is 49.6. The second-order valence-electron chi connectivity index (χ2n) is 23.2. The summed E-state index contributed by atoms with van der Waals surface area (Å²) >= 11 is 0. The first-order valence-electron chi connectivity index (χ1n) is 31.2. The molecule has 0 aliphatic carbocycles. The summed E-state index contributed by atoms with van der Waals surface area (Å²) in [5.41, 5.74) is 0. The third kappa shape index (κ3) is 22.0. The van der Waals surface area contributed by atoms with Gasteiger partial charge in [-0.25, -0.2) is 0 Å². The fourth-order valence-electron chi connectivity index (χ4n) is 11.3. The summed E-state index contributed by atoms with van der Waals surface area (Å²) in [7, 11) is 0. The maximum absolute atomic E-state index is 11.5. The lowest BCUT2D eigenvalue weighted by atomic mass is 9.95. The Kier molecular flexibility index (Phi) is 35.1. The molecule has 28 heteroatoms. The van der Waals surface area contributed by atoms with Crippen LogP contribution in [0.15, 0.2) is 0 Å². The second-order valence-corrected chi connectivity index (χ2v) is 23.2. The van der Waals surface area contributed by atoms with E-state index in [0.29, 0.717) is 13.2 Å². The first-order chi connectivity index (χ1) is 41.0. The zero-order valence-electron chi connectivity index (χ0n) is 49.6. The van der Waals surface area contributed by atoms with E-state index in [0.717, 1.165) is 38.5 Å². The van der Waals surface area contributed by atoms with Crippen LogP contribution in [0.25, 0.3) is 0 Å². The smallest absolute Gasteiger partial charge is 0.187 e. The van der Waals surface area contributed by atoms with E-state index in [9.17, 15) is 81.7 Å². The van der Waals surface area contributed by atoms with Gasteiger partial charge in [0.1, 0.15) is 128 Å². The predicted molar refractivity (Wildman–Crippen MR) is 294 cm³/mol. The molecule has 5 saturated heterocycles. The van der Waals surface area contributed by atoms with Gasteiger partial charge in [0.05, 0.1) is 46.2 Å². The van der Waals surface area contributed by atoms with Gasteiger partial charge in [0.25, 0.3) is 0 Å². The molecule has 0 aromatic carbocycles. The average molecular weight is 1240 g/mol. The van der Waals surface area contributed by atoms with Crippen molar-refractivity contribution >= 4 is 0 Å². The number of aliphatic hydroxyl groups excluding tert-OH is 16. The molecule has 5 fully saturated rings. The van der Waals surface area contributed by atoms with Crippen LogP contribution in [0.2, 0.25) is 0 Å². The first-order valence-corrected chi connectivity index (χ1v) is 31.2. The quantitative estimate of drug-likeness (QED) is 0.0278. The monoisotopic (exact) mass is 1240 g/mol. The summed E-state index contributed by atoms with van der Waals surface area (Å²) in [5, 5.41) is 172. The largest absolute Gasteiger partial charge is 0.394 e. The van der Waals surface area contributed by atoms with Crippen LogP contribution in [0.3, 0.4) is 0 Å². The number of hydrogen-bond donors (Lipinski definition) is 16. The SMILES string of the molecule is CCCCCCCCCCCCOCC(COCCCCCCCCCCCC)O[C@@H]1O[C@H](CO)[C@@H](O[C@H]2O[C@H](CO)[C@@H](O[C@H]3O[C@H](CO)[C@@H](O[C@H]4O[C@H](CO)[C@@H](O[C@H]5O[C@H](CO)[C@@H](O)[C@H](O)[C@H]5O)[C@H](O)[C@H]4O)[C@H](O)[C@H]3O)[C@H](O)[C@H]2O)[C@H](O)[C@H]1O. The van der Waals surface area contributed by atoms with Crippen molar-refractivity contribution in [2.24, 2.45) is 0 Å². The van der Waals surface area contributed by atoms with Gasteiger partial charge in [0.15, 0.2) is 31.5 Å². The van der Waals surface area contributed by atoms with Crippen LogP contribution in [-0.4, -0.2) is 301 Å². The van der Waals surface area contributed by atoms with Gasteiger partial charge in [-0.2, -0.15) is 0 Å². The number of ether oxygens (including phenoxy) is 12. The fourth-order valence-corrected chi connectivity index (χ4v) is 11.3. The number of aliphatic hydroxyl groups is 16. The molecule has 5 heterocycles. The highest BCUT2D eigenvalue weighted by molar-refractivity contribution is 4.99. The van der Waals surface area contributed by atoms with Crippen LogP contribution in [0, 0.1) is 0 Å². The van der Waals surface area contributed by atoms with E-state index in [1.165, 1.54) is 89.9 Å². The normalized spacial score (nSPS) is 39.2. The topological polar surface area (TPSA) is 434 Å². The molecule has 5 aliphatic heterocycles. The van der Waals surface area contributed by atoms with E-state index in [1.54, 1.807) is 0 Å². The van der Waals surface area contributed by atoms with Gasteiger partial charge in [-0.3, -0.25) is 0 Å². The van der Waals surface area contributed by atoms with Crippen LogP contribution in [0.5, 0.6) is 0 Å². The Balaban J connectivity index is 1.14. The molecule has 28 nitrogen and oxygen atoms in total. The van der Waals surface area contributed by atoms with E-state index in [4.69, 9.17) is 56.8 Å². The molecule has 85 heavy (non-hydrogen) atoms. The summed E-state index contributed by atoms with van der Waals surface area (Å²) < 4.78 is 69.6. The molecule has 0 bridgehead atoms. The lowest BCUT2D eigenvalue weighted by molar-refractivity contribution is -0.394. The summed E-state index contributed by atoms with van der Waals surface area (Å²) in [6.07, 6.45) is -22.9. The Morgan fingerprint density at radius 1 is 0.282 bits per heavy atom. The molecular formula is C57H106O28. The van der Waals surface area contributed by atoms with Crippen molar-refractivity contribution in [1.29, 1.82) is 0 Å². The standard InChI is InChI=1S/C57H106O28/c1-3-5-7-9-11-13-15-17-19-21-23-74-30-32(31-75-24-22-20-18-16-14-12-10-8-6-4-2)76-53-45(70)40(65)49(34(26-59)78-53)83-55-47(72)42(67)51(36(28-61)80-55)85-57-48(73)43(68)52(37(29-62)81-57)84-56-46(71)41(66)50(35(27-60)79-56)82-54-44(69)39(64)38(63)33(25-58)77-54/h32-73H,3-31H2,1-2H3/t33-,34-,35-,36-,37-,38-,39+,40-,41-,42-,43-,44-,45-,46-,47-,48-,49-,50-,51-,52-,53-,54-,55-,56-,57-/m1/s1. The molecular weight excluding hydrogens is 1130 g/mol. The predicted octanol–water partition coefficient (Wildman–Crippen LogP) is -2.66. The lowest BCUT2D eigenvalue weighted by Gasteiger charge is -2.49. The molecule has 0 radical (unpaired) electrons. The third-order valence-electron chi connectivity index (χ3n) is 16.5. The van der Waals surface area contributed by atoms with Crippen molar-refractivity contribution in [3.8, 4) is 0 Å². The van der Waals surface area contributed by atoms with Crippen LogP contribution in [0.1, 0.15) is 142 Å². The van der Waals surface area contributed by atoms with Crippen molar-refractivity contribution in [3.63, 3.8) is 0 Å². The minimum Gasteiger partial charge on any atom is -0.394 e. The Labute approximate surface area is 498 Å². The maximum atomic E-state index is 11.5. The third-order valence-corrected chi connectivity index (χ3v) is 16.5. The Morgan fingerprint density at radius 2 is 0.529 bits per heavy atom. The van der Waals surface area contributed by atoms with Crippen LogP contribution in [-0.2, 0) is 56.8 Å². The number of unbranched alkanes of at least 4 members (excludes halogenated alkanes) is 18. The summed E-state index contributed by atoms with van der Waals surface area (Å²) in [4.78, 5) is 0. The second kappa shape index (κ2) is 40.0. The van der Waals surface area contributed by atoms with Gasteiger partial charge in [-0.15, -0.1) is 0 Å². The van der Waals surface area contributed by atoms with Crippen LogP contribution < -0.4 is 0 Å². The Hall–Kier alpha value is -1.12. The summed E-state index contributed by atoms with van der Waals surface area (Å²) in [5.74, 6) is 0. The van der Waals surface area contributed by atoms with Gasteiger partial charge >= 0.3 is 0 Å². The highest BCUT2D eigenvalue weighted by atomic mass is 16.8. The van der Waals surface area contributed by atoms with Crippen LogP contribution >= 0.6 is 0 Å². The lowest BCUT2D eigenvalue weighted by Crippen LogP contribution is -2.68. The zero-order chi connectivity index (χ0) is 62.0. The highest BCUT2D eigenvalue weighted by Gasteiger charge is 2.56. The summed E-state index contributed by atoms with van der Waals surface area (Å²) in [6, 6.07) is 0. The number of rotatable bonds is 41. The molecule has 5 aliphatic rings. The Morgan fingerprint density at radius 3 is 0.824 bits per heavy atom. The van der Waals surface area contributed by atoms with Crippen molar-refractivity contribution in [2.45, 2.75) is 302 Å². The van der Waals surface area contributed by atoms with Crippen molar-refractivity contribution < 1.29 is 139 Å². The van der Waals surface area contributed by atoms with E-state index >= 15 is 0 Å². The molecule has 0 unspecified atom stereocenters. The molecule has 0 saturated carbocycles. The van der Waals surface area contributed by atoms with Crippen molar-refractivity contribution in [1.82, 2.24) is 0 Å². The Bertz CT molecular complexity index is 1680. The van der Waals surface area contributed by atoms with E-state index in [1.807, 2.05) is 0 Å². The molecule has 16 N–H and O–H groups in total. The van der Waals surface area contributed by atoms with Gasteiger partial charge < -0.3 is 139 Å². The number of hydrogen-bond acceptors (Lipinski definition) is 28. The molecule has 25 atom stereocenters. The minimum absolute atomic E-state index is 0.0823. The molecule has 502 valence electrons. The minimum atomic E-state index is -2.13. The van der Waals surface area contributed by atoms with Gasteiger partial charge in [-0.05, 0) is 12.8 Å². The van der Waals surface area contributed by atoms with Gasteiger partial charge in [-0.1, -0.05) is 129 Å². The van der Waals surface area contributed by atoms with Crippen molar-refractivity contribution in [2.75, 3.05) is 59.5 Å². The van der Waals surface area contributed by atoms with E-state index in [2.05, 4.69) is 13.8 Å². The van der Waals surface area contributed by atoms with Crippen molar-refractivity contribution in [3.05, 3.63) is 0 Å². The van der Waals surface area contributed by atoms with Gasteiger partial charge in [0.2, 0.25) is 0 Å². The van der Waals surface area contributed by atoms with E-state index in [-0.39, 0.29) is 13.2 Å².